The fraction of sp³-hybridized carbons (Fsp3) is 0.923. The second-order valence-electron chi connectivity index (χ2n) is 5.59. The Bertz CT molecular complexity index is 288. The van der Waals surface area contributed by atoms with Crippen LogP contribution in [0.4, 0.5) is 0 Å². The third-order valence-corrected chi connectivity index (χ3v) is 4.43. The quantitative estimate of drug-likeness (QED) is 0.767. The first-order chi connectivity index (χ1) is 8.13. The van der Waals surface area contributed by atoms with E-state index in [1.54, 1.807) is 0 Å². The van der Waals surface area contributed by atoms with Gasteiger partial charge in [0.15, 0.2) is 0 Å². The van der Waals surface area contributed by atoms with Crippen molar-refractivity contribution in [2.24, 2.45) is 11.1 Å². The lowest BCUT2D eigenvalue weighted by molar-refractivity contribution is -0.135. The number of hydrogen-bond acceptors (Lipinski definition) is 3. The number of rotatable bonds is 5. The molecule has 1 atom stereocenters. The summed E-state index contributed by atoms with van der Waals surface area (Å²) in [5.41, 5.74) is 5.52. The van der Waals surface area contributed by atoms with Gasteiger partial charge in [-0.3, -0.25) is 9.69 Å². The van der Waals surface area contributed by atoms with Gasteiger partial charge in [-0.25, -0.2) is 0 Å². The Hall–Kier alpha value is -0.610. The summed E-state index contributed by atoms with van der Waals surface area (Å²) in [6.07, 6.45) is 4.45. The molecular weight excluding hydrogens is 214 g/mol. The summed E-state index contributed by atoms with van der Waals surface area (Å²) in [5.74, 6) is 0.267. The standard InChI is InChI=1S/C13H25N3O/c1-3-16-8-4-5-11(16)9-15(2)12(17)13(10-14)6-7-13/h11H,3-10,14H2,1-2H3. The molecule has 0 aromatic rings. The fourth-order valence-corrected chi connectivity index (χ4v) is 2.98. The van der Waals surface area contributed by atoms with Gasteiger partial charge in [0.25, 0.3) is 0 Å². The lowest BCUT2D eigenvalue weighted by Gasteiger charge is -2.29. The van der Waals surface area contributed by atoms with Gasteiger partial charge in [0, 0.05) is 26.2 Å². The Kier molecular flexibility index (Phi) is 3.73. The van der Waals surface area contributed by atoms with Crippen molar-refractivity contribution < 1.29 is 4.79 Å². The van der Waals surface area contributed by atoms with Gasteiger partial charge in [-0.1, -0.05) is 6.92 Å². The molecule has 2 fully saturated rings. The Balaban J connectivity index is 1.88. The van der Waals surface area contributed by atoms with Crippen LogP contribution in [-0.2, 0) is 4.79 Å². The molecule has 17 heavy (non-hydrogen) atoms. The van der Waals surface area contributed by atoms with Gasteiger partial charge in [0.1, 0.15) is 0 Å². The van der Waals surface area contributed by atoms with Crippen LogP contribution in [0, 0.1) is 5.41 Å². The molecule has 4 heteroatoms. The van der Waals surface area contributed by atoms with Gasteiger partial charge in [-0.2, -0.15) is 0 Å². The smallest absolute Gasteiger partial charge is 0.229 e. The molecule has 1 amide bonds. The average molecular weight is 239 g/mol. The fourth-order valence-electron chi connectivity index (χ4n) is 2.98. The lowest BCUT2D eigenvalue weighted by Crippen LogP contribution is -2.45. The van der Waals surface area contributed by atoms with E-state index in [4.69, 9.17) is 5.73 Å². The first-order valence-corrected chi connectivity index (χ1v) is 6.82. The Morgan fingerprint density at radius 1 is 1.53 bits per heavy atom. The average Bonchev–Trinajstić information content (AvgIpc) is 3.02. The third kappa shape index (κ3) is 2.47. The van der Waals surface area contributed by atoms with Crippen LogP contribution in [0.5, 0.6) is 0 Å². The predicted octanol–water partition coefficient (Wildman–Crippen LogP) is 0.668. The van der Waals surface area contributed by atoms with E-state index < -0.39 is 0 Å². The minimum absolute atomic E-state index is 0.190. The van der Waals surface area contributed by atoms with Gasteiger partial charge < -0.3 is 10.6 Å². The first kappa shape index (κ1) is 12.8. The SMILES string of the molecule is CCN1CCCC1CN(C)C(=O)C1(CN)CC1. The molecule has 1 saturated carbocycles. The molecule has 0 spiro atoms. The highest BCUT2D eigenvalue weighted by molar-refractivity contribution is 5.85. The molecule has 0 bridgehead atoms. The number of likely N-dealkylation sites (N-methyl/N-ethyl adjacent to an activating group) is 2. The van der Waals surface area contributed by atoms with Crippen molar-refractivity contribution >= 4 is 5.91 Å². The minimum Gasteiger partial charge on any atom is -0.344 e. The van der Waals surface area contributed by atoms with Crippen LogP contribution in [-0.4, -0.2) is 55.0 Å². The summed E-state index contributed by atoms with van der Waals surface area (Å²) in [5, 5.41) is 0. The molecule has 2 rings (SSSR count). The van der Waals surface area contributed by atoms with E-state index in [-0.39, 0.29) is 11.3 Å². The predicted molar refractivity (Wildman–Crippen MR) is 68.6 cm³/mol. The highest BCUT2D eigenvalue weighted by Gasteiger charge is 2.50. The van der Waals surface area contributed by atoms with Crippen molar-refractivity contribution in [2.75, 3.05) is 33.2 Å². The molecular formula is C13H25N3O. The van der Waals surface area contributed by atoms with E-state index in [0.29, 0.717) is 12.6 Å². The molecule has 0 aromatic heterocycles. The topological polar surface area (TPSA) is 49.6 Å². The van der Waals surface area contributed by atoms with Crippen LogP contribution in [0.15, 0.2) is 0 Å². The second kappa shape index (κ2) is 4.94. The summed E-state index contributed by atoms with van der Waals surface area (Å²) in [4.78, 5) is 16.7. The van der Waals surface area contributed by atoms with E-state index >= 15 is 0 Å². The summed E-state index contributed by atoms with van der Waals surface area (Å²) in [7, 11) is 1.93. The third-order valence-electron chi connectivity index (χ3n) is 4.43. The van der Waals surface area contributed by atoms with Crippen LogP contribution in [0.25, 0.3) is 0 Å². The highest BCUT2D eigenvalue weighted by Crippen LogP contribution is 2.46. The summed E-state index contributed by atoms with van der Waals surface area (Å²) < 4.78 is 0. The molecule has 1 unspecified atom stereocenters. The highest BCUT2D eigenvalue weighted by atomic mass is 16.2. The monoisotopic (exact) mass is 239 g/mol. The molecule has 2 N–H and O–H groups in total. The number of amides is 1. The maximum absolute atomic E-state index is 12.3. The molecule has 1 heterocycles. The largest absolute Gasteiger partial charge is 0.344 e. The molecule has 1 saturated heterocycles. The number of nitrogens with two attached hydrogens (primary N) is 1. The number of likely N-dealkylation sites (tertiary alicyclic amines) is 1. The van der Waals surface area contributed by atoms with Crippen LogP contribution < -0.4 is 5.73 Å². The van der Waals surface area contributed by atoms with E-state index in [1.807, 2.05) is 11.9 Å². The Morgan fingerprint density at radius 3 is 2.76 bits per heavy atom. The molecule has 98 valence electrons. The normalized spacial score (nSPS) is 27.1. The van der Waals surface area contributed by atoms with E-state index in [1.165, 1.54) is 19.4 Å². The van der Waals surface area contributed by atoms with E-state index in [2.05, 4.69) is 11.8 Å². The molecule has 4 nitrogen and oxygen atoms in total. The maximum atomic E-state index is 12.3. The summed E-state index contributed by atoms with van der Waals surface area (Å²) >= 11 is 0. The molecule has 1 aliphatic heterocycles. The van der Waals surface area contributed by atoms with Gasteiger partial charge in [0.2, 0.25) is 5.91 Å². The zero-order chi connectivity index (χ0) is 12.5. The van der Waals surface area contributed by atoms with Crippen molar-refractivity contribution in [3.05, 3.63) is 0 Å². The Morgan fingerprint density at radius 2 is 2.24 bits per heavy atom. The zero-order valence-corrected chi connectivity index (χ0v) is 11.1. The molecule has 0 aromatic carbocycles. The lowest BCUT2D eigenvalue weighted by atomic mass is 10.1. The van der Waals surface area contributed by atoms with Crippen molar-refractivity contribution in [1.82, 2.24) is 9.80 Å². The van der Waals surface area contributed by atoms with Crippen LogP contribution >= 0.6 is 0 Å². The van der Waals surface area contributed by atoms with E-state index in [9.17, 15) is 4.79 Å². The van der Waals surface area contributed by atoms with E-state index in [0.717, 1.165) is 25.9 Å². The molecule has 0 radical (unpaired) electrons. The second-order valence-corrected chi connectivity index (χ2v) is 5.59. The maximum Gasteiger partial charge on any atom is 0.229 e. The number of carbonyl (C=O) groups excluding carboxylic acids is 1. The Labute approximate surface area is 104 Å². The van der Waals surface area contributed by atoms with Gasteiger partial charge in [-0.15, -0.1) is 0 Å². The molecule has 2 aliphatic rings. The summed E-state index contributed by atoms with van der Waals surface area (Å²) in [6, 6.07) is 0.558. The van der Waals surface area contributed by atoms with Crippen molar-refractivity contribution in [3.63, 3.8) is 0 Å². The number of carbonyl (C=O) groups is 1. The van der Waals surface area contributed by atoms with Crippen LogP contribution in [0.1, 0.15) is 32.6 Å². The first-order valence-electron chi connectivity index (χ1n) is 6.82. The van der Waals surface area contributed by atoms with Crippen LogP contribution in [0.2, 0.25) is 0 Å². The zero-order valence-electron chi connectivity index (χ0n) is 11.1. The molecule has 1 aliphatic carbocycles. The van der Waals surface area contributed by atoms with Crippen molar-refractivity contribution in [2.45, 2.75) is 38.6 Å². The van der Waals surface area contributed by atoms with Crippen molar-refractivity contribution in [3.8, 4) is 0 Å². The minimum atomic E-state index is -0.190. The van der Waals surface area contributed by atoms with Gasteiger partial charge in [-0.05, 0) is 38.8 Å². The van der Waals surface area contributed by atoms with Crippen LogP contribution in [0.3, 0.4) is 0 Å². The summed E-state index contributed by atoms with van der Waals surface area (Å²) in [6.45, 7) is 5.86. The van der Waals surface area contributed by atoms with Gasteiger partial charge >= 0.3 is 0 Å². The van der Waals surface area contributed by atoms with Crippen molar-refractivity contribution in [1.29, 1.82) is 0 Å². The number of hydrogen-bond donors (Lipinski definition) is 1. The number of nitrogens with zero attached hydrogens (tertiary/aromatic N) is 2. The van der Waals surface area contributed by atoms with Gasteiger partial charge in [0.05, 0.1) is 5.41 Å².